The largest absolute Gasteiger partial charge is 0.377 e. The predicted octanol–water partition coefficient (Wildman–Crippen LogP) is 1.71. The monoisotopic (exact) mass is 276 g/mol. The van der Waals surface area contributed by atoms with E-state index in [0.29, 0.717) is 19.8 Å². The van der Waals surface area contributed by atoms with Crippen molar-refractivity contribution in [1.82, 2.24) is 10.6 Å². The van der Waals surface area contributed by atoms with E-state index in [-0.39, 0.29) is 11.8 Å². The van der Waals surface area contributed by atoms with Crippen molar-refractivity contribution in [1.29, 1.82) is 0 Å². The fraction of sp³-hybridized carbons (Fsp3) is 0.562. The number of piperidine rings is 1. The molecule has 1 atom stereocenters. The maximum absolute atomic E-state index is 11.9. The Labute approximate surface area is 120 Å². The molecule has 0 aliphatic carbocycles. The molecular weight excluding hydrogens is 252 g/mol. The lowest BCUT2D eigenvalue weighted by Gasteiger charge is -2.21. The molecule has 1 aromatic carbocycles. The molecule has 4 nitrogen and oxygen atoms in total. The quantitative estimate of drug-likeness (QED) is 0.745. The van der Waals surface area contributed by atoms with Crippen molar-refractivity contribution in [2.75, 3.05) is 26.2 Å². The molecule has 1 fully saturated rings. The van der Waals surface area contributed by atoms with Gasteiger partial charge in [-0.15, -0.1) is 0 Å². The second-order valence-electron chi connectivity index (χ2n) is 5.23. The number of carbonyl (C=O) groups excluding carboxylic acids is 1. The van der Waals surface area contributed by atoms with Crippen LogP contribution in [-0.4, -0.2) is 32.1 Å². The number of nitrogens with one attached hydrogen (secondary N) is 2. The standard InChI is InChI=1S/C16H24N2O2/c19-16(15-8-4-9-17-12-15)18-10-5-11-20-13-14-6-2-1-3-7-14/h1-3,6-7,15,17H,4-5,8-13H2,(H,18,19)/t15-/m1/s1. The summed E-state index contributed by atoms with van der Waals surface area (Å²) in [5, 5.41) is 6.25. The number of hydrogen-bond donors (Lipinski definition) is 2. The SMILES string of the molecule is O=C(NCCCOCc1ccccc1)[C@@H]1CCCNC1. The normalized spacial score (nSPS) is 18.7. The Hall–Kier alpha value is -1.39. The van der Waals surface area contributed by atoms with Crippen LogP contribution in [0.15, 0.2) is 30.3 Å². The number of carbonyl (C=O) groups is 1. The fourth-order valence-electron chi connectivity index (χ4n) is 2.37. The van der Waals surface area contributed by atoms with Gasteiger partial charge in [-0.3, -0.25) is 4.79 Å². The van der Waals surface area contributed by atoms with Crippen LogP contribution in [0.5, 0.6) is 0 Å². The van der Waals surface area contributed by atoms with Gasteiger partial charge < -0.3 is 15.4 Å². The predicted molar refractivity (Wildman–Crippen MR) is 79.3 cm³/mol. The van der Waals surface area contributed by atoms with Crippen molar-refractivity contribution in [2.45, 2.75) is 25.9 Å². The molecule has 1 heterocycles. The smallest absolute Gasteiger partial charge is 0.224 e. The molecule has 0 saturated carbocycles. The molecule has 1 saturated heterocycles. The van der Waals surface area contributed by atoms with Gasteiger partial charge in [0.25, 0.3) is 0 Å². The minimum Gasteiger partial charge on any atom is -0.377 e. The van der Waals surface area contributed by atoms with Crippen LogP contribution in [0.4, 0.5) is 0 Å². The molecular formula is C16H24N2O2. The van der Waals surface area contributed by atoms with Crippen LogP contribution in [-0.2, 0) is 16.1 Å². The molecule has 1 aliphatic heterocycles. The first-order valence-electron chi connectivity index (χ1n) is 7.46. The van der Waals surface area contributed by atoms with E-state index in [1.807, 2.05) is 18.2 Å². The second kappa shape index (κ2) is 8.72. The zero-order valence-electron chi connectivity index (χ0n) is 11.9. The second-order valence-corrected chi connectivity index (χ2v) is 5.23. The minimum atomic E-state index is 0.147. The number of hydrogen-bond acceptors (Lipinski definition) is 3. The van der Waals surface area contributed by atoms with E-state index >= 15 is 0 Å². The maximum Gasteiger partial charge on any atom is 0.224 e. The van der Waals surface area contributed by atoms with Gasteiger partial charge in [-0.2, -0.15) is 0 Å². The van der Waals surface area contributed by atoms with E-state index in [1.54, 1.807) is 0 Å². The van der Waals surface area contributed by atoms with Crippen LogP contribution in [0, 0.1) is 5.92 Å². The third kappa shape index (κ3) is 5.31. The molecule has 20 heavy (non-hydrogen) atoms. The molecule has 0 bridgehead atoms. The van der Waals surface area contributed by atoms with Gasteiger partial charge >= 0.3 is 0 Å². The zero-order chi connectivity index (χ0) is 14.0. The highest BCUT2D eigenvalue weighted by Crippen LogP contribution is 2.09. The van der Waals surface area contributed by atoms with Crippen molar-refractivity contribution in [2.24, 2.45) is 5.92 Å². The summed E-state index contributed by atoms with van der Waals surface area (Å²) in [5.41, 5.74) is 1.19. The van der Waals surface area contributed by atoms with E-state index < -0.39 is 0 Å². The highest BCUT2D eigenvalue weighted by Gasteiger charge is 2.19. The molecule has 0 radical (unpaired) electrons. The lowest BCUT2D eigenvalue weighted by atomic mass is 9.99. The van der Waals surface area contributed by atoms with Crippen molar-refractivity contribution in [3.05, 3.63) is 35.9 Å². The molecule has 1 aromatic rings. The molecule has 0 aromatic heterocycles. The average molecular weight is 276 g/mol. The summed E-state index contributed by atoms with van der Waals surface area (Å²) in [5.74, 6) is 0.328. The summed E-state index contributed by atoms with van der Waals surface area (Å²) in [6, 6.07) is 10.1. The summed E-state index contributed by atoms with van der Waals surface area (Å²) >= 11 is 0. The zero-order valence-corrected chi connectivity index (χ0v) is 11.9. The highest BCUT2D eigenvalue weighted by molar-refractivity contribution is 5.78. The third-order valence-corrected chi connectivity index (χ3v) is 3.54. The van der Waals surface area contributed by atoms with Crippen LogP contribution in [0.25, 0.3) is 0 Å². The van der Waals surface area contributed by atoms with E-state index in [9.17, 15) is 4.79 Å². The van der Waals surface area contributed by atoms with E-state index in [1.165, 1.54) is 5.56 Å². The lowest BCUT2D eigenvalue weighted by molar-refractivity contribution is -0.125. The van der Waals surface area contributed by atoms with Crippen LogP contribution in [0.1, 0.15) is 24.8 Å². The minimum absolute atomic E-state index is 0.147. The third-order valence-electron chi connectivity index (χ3n) is 3.54. The van der Waals surface area contributed by atoms with Crippen molar-refractivity contribution >= 4 is 5.91 Å². The van der Waals surface area contributed by atoms with Gasteiger partial charge in [0, 0.05) is 19.7 Å². The molecule has 2 rings (SSSR count). The first kappa shape index (κ1) is 15.0. The van der Waals surface area contributed by atoms with Gasteiger partial charge in [0.2, 0.25) is 5.91 Å². The van der Waals surface area contributed by atoms with Crippen molar-refractivity contribution in [3.8, 4) is 0 Å². The Kier molecular flexibility index (Phi) is 6.54. The van der Waals surface area contributed by atoms with Gasteiger partial charge in [0.15, 0.2) is 0 Å². The summed E-state index contributed by atoms with van der Waals surface area (Å²) in [7, 11) is 0. The number of ether oxygens (including phenoxy) is 1. The van der Waals surface area contributed by atoms with E-state index in [4.69, 9.17) is 4.74 Å². The number of rotatable bonds is 7. The molecule has 1 amide bonds. The summed E-state index contributed by atoms with van der Waals surface area (Å²) in [6.45, 7) is 3.87. The van der Waals surface area contributed by atoms with Crippen molar-refractivity contribution < 1.29 is 9.53 Å². The first-order chi connectivity index (χ1) is 9.86. The Morgan fingerprint density at radius 3 is 2.95 bits per heavy atom. The number of benzene rings is 1. The summed E-state index contributed by atoms with van der Waals surface area (Å²) in [6.07, 6.45) is 2.96. The average Bonchev–Trinajstić information content (AvgIpc) is 2.52. The van der Waals surface area contributed by atoms with E-state index in [0.717, 1.165) is 32.4 Å². The molecule has 0 unspecified atom stereocenters. The summed E-state index contributed by atoms with van der Waals surface area (Å²) < 4.78 is 5.58. The lowest BCUT2D eigenvalue weighted by Crippen LogP contribution is -2.40. The van der Waals surface area contributed by atoms with Gasteiger partial charge in [-0.1, -0.05) is 30.3 Å². The topological polar surface area (TPSA) is 50.4 Å². The van der Waals surface area contributed by atoms with Crippen molar-refractivity contribution in [3.63, 3.8) is 0 Å². The Bertz CT molecular complexity index is 389. The van der Waals surface area contributed by atoms with Crippen LogP contribution < -0.4 is 10.6 Å². The van der Waals surface area contributed by atoms with Gasteiger partial charge in [-0.05, 0) is 31.4 Å². The molecule has 1 aliphatic rings. The van der Waals surface area contributed by atoms with E-state index in [2.05, 4.69) is 22.8 Å². The van der Waals surface area contributed by atoms with Crippen LogP contribution in [0.3, 0.4) is 0 Å². The van der Waals surface area contributed by atoms with Crippen LogP contribution in [0.2, 0.25) is 0 Å². The maximum atomic E-state index is 11.9. The Balaban J connectivity index is 1.50. The van der Waals surface area contributed by atoms with Gasteiger partial charge in [-0.25, -0.2) is 0 Å². The fourth-order valence-corrected chi connectivity index (χ4v) is 2.37. The molecule has 0 spiro atoms. The van der Waals surface area contributed by atoms with Gasteiger partial charge in [0.1, 0.15) is 0 Å². The Morgan fingerprint density at radius 1 is 1.35 bits per heavy atom. The molecule has 110 valence electrons. The van der Waals surface area contributed by atoms with Crippen LogP contribution >= 0.6 is 0 Å². The number of amides is 1. The Morgan fingerprint density at radius 2 is 2.20 bits per heavy atom. The summed E-state index contributed by atoms with van der Waals surface area (Å²) in [4.78, 5) is 11.9. The first-order valence-corrected chi connectivity index (χ1v) is 7.46. The molecule has 4 heteroatoms. The van der Waals surface area contributed by atoms with Gasteiger partial charge in [0.05, 0.1) is 12.5 Å². The highest BCUT2D eigenvalue weighted by atomic mass is 16.5. The molecule has 2 N–H and O–H groups in total.